The Morgan fingerprint density at radius 3 is 2.54 bits per heavy atom. The zero-order chi connectivity index (χ0) is 27.4. The Kier molecular flexibility index (Phi) is 8.22. The summed E-state index contributed by atoms with van der Waals surface area (Å²) >= 11 is 0. The van der Waals surface area contributed by atoms with Crippen LogP contribution in [0.3, 0.4) is 0 Å². The number of nitrogens with one attached hydrogen (secondary N) is 2. The maximum absolute atomic E-state index is 13.8. The minimum absolute atomic E-state index is 0.197. The summed E-state index contributed by atoms with van der Waals surface area (Å²) in [6.45, 7) is 7.66. The fourth-order valence-corrected chi connectivity index (χ4v) is 4.20. The molecule has 196 valence electrons. The number of aryl methyl sites for hydroxylation is 2. The number of rotatable bonds is 7. The first-order valence-corrected chi connectivity index (χ1v) is 11.6. The molecule has 0 spiro atoms. The number of ether oxygens (including phenoxy) is 1. The number of nitrogens with zero attached hydrogens (tertiary/aromatic N) is 1. The van der Waals surface area contributed by atoms with E-state index in [0.717, 1.165) is 18.0 Å². The van der Waals surface area contributed by atoms with Crippen LogP contribution in [0.15, 0.2) is 72.1 Å². The minimum atomic E-state index is -5.05. The molecular formula is C27H28F3N3O4. The number of carbonyl (C=O) groups excluding carboxylic acids is 2. The van der Waals surface area contributed by atoms with Crippen LogP contribution in [0.2, 0.25) is 0 Å². The number of benzene rings is 1. The van der Waals surface area contributed by atoms with Crippen molar-refractivity contribution in [2.75, 3.05) is 0 Å². The average Bonchev–Trinajstić information content (AvgIpc) is 2.83. The summed E-state index contributed by atoms with van der Waals surface area (Å²) in [5.41, 5.74) is 2.36. The second-order valence-corrected chi connectivity index (χ2v) is 8.77. The zero-order valence-electron chi connectivity index (χ0n) is 20.7. The number of aromatic amines is 1. The quantitative estimate of drug-likeness (QED) is 0.424. The van der Waals surface area contributed by atoms with E-state index in [1.54, 1.807) is 43.3 Å². The number of hydrogen-bond acceptors (Lipinski definition) is 4. The predicted molar refractivity (Wildman–Crippen MR) is 133 cm³/mol. The topological polar surface area (TPSA) is 91.5 Å². The van der Waals surface area contributed by atoms with Crippen molar-refractivity contribution in [2.24, 2.45) is 5.92 Å². The first kappa shape index (κ1) is 27.7. The molecule has 2 aromatic rings. The van der Waals surface area contributed by atoms with Crippen LogP contribution >= 0.6 is 0 Å². The van der Waals surface area contributed by atoms with Crippen molar-refractivity contribution in [1.29, 1.82) is 0 Å². The number of amides is 2. The average molecular weight is 516 g/mol. The second-order valence-electron chi connectivity index (χ2n) is 8.77. The van der Waals surface area contributed by atoms with E-state index in [9.17, 15) is 27.6 Å². The Bertz CT molecular complexity index is 1300. The van der Waals surface area contributed by atoms with Gasteiger partial charge in [0.1, 0.15) is 5.60 Å². The highest BCUT2D eigenvalue weighted by Crippen LogP contribution is 2.39. The van der Waals surface area contributed by atoms with Gasteiger partial charge in [-0.2, -0.15) is 0 Å². The van der Waals surface area contributed by atoms with E-state index in [-0.39, 0.29) is 12.1 Å². The van der Waals surface area contributed by atoms with Crippen LogP contribution in [-0.4, -0.2) is 33.8 Å². The fourth-order valence-electron chi connectivity index (χ4n) is 4.20. The largest absolute Gasteiger partial charge is 0.523 e. The summed E-state index contributed by atoms with van der Waals surface area (Å²) in [7, 11) is 0. The van der Waals surface area contributed by atoms with Gasteiger partial charge in [0.2, 0.25) is 0 Å². The van der Waals surface area contributed by atoms with E-state index in [1.165, 1.54) is 18.2 Å². The summed E-state index contributed by atoms with van der Waals surface area (Å²) in [6.07, 6.45) is 0.325. The molecule has 0 fully saturated rings. The molecule has 37 heavy (non-hydrogen) atoms. The van der Waals surface area contributed by atoms with Crippen molar-refractivity contribution in [3.05, 3.63) is 100 Å². The van der Waals surface area contributed by atoms with E-state index in [1.807, 2.05) is 6.92 Å². The van der Waals surface area contributed by atoms with Crippen LogP contribution in [0.1, 0.15) is 36.2 Å². The Balaban J connectivity index is 2.10. The van der Waals surface area contributed by atoms with Gasteiger partial charge in [-0.15, -0.1) is 13.2 Å². The van der Waals surface area contributed by atoms with Crippen LogP contribution in [0, 0.1) is 12.8 Å². The first-order chi connectivity index (χ1) is 17.4. The van der Waals surface area contributed by atoms with E-state index in [0.29, 0.717) is 28.8 Å². The number of allylic oxidation sites excluding steroid dienone is 2. The number of aromatic nitrogens is 1. The molecule has 1 heterocycles. The van der Waals surface area contributed by atoms with Crippen LogP contribution in [0.5, 0.6) is 0 Å². The number of hydrogen-bond donors (Lipinski definition) is 2. The van der Waals surface area contributed by atoms with Crippen LogP contribution in [0.25, 0.3) is 5.57 Å². The molecule has 1 aliphatic rings. The molecule has 2 atom stereocenters. The molecule has 2 N–H and O–H groups in total. The molecular weight excluding hydrogens is 487 g/mol. The third-order valence-electron chi connectivity index (χ3n) is 6.02. The second kappa shape index (κ2) is 11.0. The molecule has 2 amide bonds. The molecule has 7 nitrogen and oxygen atoms in total. The molecule has 0 saturated heterocycles. The third kappa shape index (κ3) is 6.65. The maximum Gasteiger partial charge on any atom is 0.523 e. The Hall–Kier alpha value is -3.92. The maximum atomic E-state index is 13.8. The van der Waals surface area contributed by atoms with Crippen molar-refractivity contribution in [3.63, 3.8) is 0 Å². The lowest BCUT2D eigenvalue weighted by Gasteiger charge is -2.38. The number of hydrazine groups is 1. The standard InChI is InChI=1S/C27H28F3N3O4/c1-5-18-14-17(3)31-24(35)21(18)16-33(32-23(34)6-2)25(36)22-15-20(19-10-8-7-9-11-19)12-13-26(22,4)37-27(28,29)30/h6-15,22H,2,5,16H2,1,3-4H3,(H,31,35)(H,32,34). The summed E-state index contributed by atoms with van der Waals surface area (Å²) in [5.74, 6) is -3.18. The Labute approximate surface area is 212 Å². The van der Waals surface area contributed by atoms with Gasteiger partial charge in [0, 0.05) is 11.3 Å². The molecule has 0 bridgehead atoms. The molecule has 10 heteroatoms. The van der Waals surface area contributed by atoms with Gasteiger partial charge in [0.15, 0.2) is 0 Å². The molecule has 1 aliphatic carbocycles. The summed E-state index contributed by atoms with van der Waals surface area (Å²) in [4.78, 5) is 41.5. The summed E-state index contributed by atoms with van der Waals surface area (Å²) in [6, 6.07) is 10.5. The third-order valence-corrected chi connectivity index (χ3v) is 6.02. The van der Waals surface area contributed by atoms with Crippen LogP contribution in [-0.2, 0) is 27.3 Å². The lowest BCUT2D eigenvalue weighted by Crippen LogP contribution is -2.54. The number of carbonyl (C=O) groups is 2. The fraction of sp³-hybridized carbons (Fsp3) is 0.296. The van der Waals surface area contributed by atoms with E-state index in [4.69, 9.17) is 0 Å². The summed E-state index contributed by atoms with van der Waals surface area (Å²) in [5, 5.41) is 0.837. The Morgan fingerprint density at radius 1 is 1.27 bits per heavy atom. The number of pyridine rings is 1. The van der Waals surface area contributed by atoms with Gasteiger partial charge in [-0.05, 0) is 49.1 Å². The van der Waals surface area contributed by atoms with Gasteiger partial charge in [-0.25, -0.2) is 5.01 Å². The van der Waals surface area contributed by atoms with Crippen molar-refractivity contribution in [1.82, 2.24) is 15.4 Å². The van der Waals surface area contributed by atoms with Gasteiger partial charge < -0.3 is 4.98 Å². The lowest BCUT2D eigenvalue weighted by molar-refractivity contribution is -0.359. The lowest BCUT2D eigenvalue weighted by atomic mass is 9.80. The van der Waals surface area contributed by atoms with Crippen LogP contribution < -0.4 is 11.0 Å². The number of alkyl halides is 3. The molecule has 3 rings (SSSR count). The van der Waals surface area contributed by atoms with E-state index in [2.05, 4.69) is 21.7 Å². The molecule has 1 aromatic heterocycles. The van der Waals surface area contributed by atoms with Crippen molar-refractivity contribution in [2.45, 2.75) is 45.7 Å². The monoisotopic (exact) mass is 515 g/mol. The van der Waals surface area contributed by atoms with Crippen molar-refractivity contribution < 1.29 is 27.5 Å². The minimum Gasteiger partial charge on any atom is -0.326 e. The molecule has 1 aromatic carbocycles. The highest BCUT2D eigenvalue weighted by Gasteiger charge is 2.48. The van der Waals surface area contributed by atoms with Crippen molar-refractivity contribution in [3.8, 4) is 0 Å². The van der Waals surface area contributed by atoms with Crippen LogP contribution in [0.4, 0.5) is 13.2 Å². The highest BCUT2D eigenvalue weighted by molar-refractivity contribution is 5.92. The van der Waals surface area contributed by atoms with Gasteiger partial charge >= 0.3 is 6.36 Å². The molecule has 0 radical (unpaired) electrons. The Morgan fingerprint density at radius 2 is 1.95 bits per heavy atom. The number of H-pyrrole nitrogens is 1. The van der Waals surface area contributed by atoms with E-state index < -0.39 is 35.3 Å². The first-order valence-electron chi connectivity index (χ1n) is 11.6. The predicted octanol–water partition coefficient (Wildman–Crippen LogP) is 4.36. The highest BCUT2D eigenvalue weighted by atomic mass is 19.4. The van der Waals surface area contributed by atoms with Crippen molar-refractivity contribution >= 4 is 17.4 Å². The normalized spacial score (nSPS) is 19.2. The smallest absolute Gasteiger partial charge is 0.326 e. The van der Waals surface area contributed by atoms with Gasteiger partial charge in [-0.3, -0.25) is 24.5 Å². The number of halogens is 3. The van der Waals surface area contributed by atoms with E-state index >= 15 is 0 Å². The molecule has 2 unspecified atom stereocenters. The van der Waals surface area contributed by atoms with Gasteiger partial charge in [0.25, 0.3) is 17.4 Å². The summed E-state index contributed by atoms with van der Waals surface area (Å²) < 4.78 is 44.7. The zero-order valence-corrected chi connectivity index (χ0v) is 20.7. The molecule has 0 aliphatic heterocycles. The SMILES string of the molecule is C=CC(=O)NN(Cc1c(CC)cc(C)[nH]c1=O)C(=O)C1C=C(c2ccccc2)C=CC1(C)OC(F)(F)F. The molecule has 0 saturated carbocycles. The van der Waals surface area contributed by atoms with Gasteiger partial charge in [0.05, 0.1) is 12.5 Å². The van der Waals surface area contributed by atoms with Gasteiger partial charge in [-0.1, -0.05) is 62.1 Å².